The molecule has 1 heterocycles. The molecule has 1 aromatic carbocycles. The molecule has 0 N–H and O–H groups in total. The quantitative estimate of drug-likeness (QED) is 0.840. The lowest BCUT2D eigenvalue weighted by molar-refractivity contribution is -0.134. The molecular formula is C17H24N2O. The molecule has 3 heteroatoms. The van der Waals surface area contributed by atoms with E-state index >= 15 is 0 Å². The Labute approximate surface area is 121 Å². The molecule has 1 saturated heterocycles. The molecule has 3 nitrogen and oxygen atoms in total. The number of likely N-dealkylation sites (tertiary alicyclic amines) is 1. The average Bonchev–Trinajstić information content (AvgIpc) is 3.27. The van der Waals surface area contributed by atoms with Crippen LogP contribution in [0.3, 0.4) is 0 Å². The summed E-state index contributed by atoms with van der Waals surface area (Å²) in [5, 5.41) is 0. The van der Waals surface area contributed by atoms with Crippen molar-refractivity contribution in [2.45, 2.75) is 44.2 Å². The summed E-state index contributed by atoms with van der Waals surface area (Å²) in [6, 6.07) is 11.1. The summed E-state index contributed by atoms with van der Waals surface area (Å²) in [6.45, 7) is 2.24. The number of benzene rings is 1. The Bertz CT molecular complexity index is 447. The zero-order valence-corrected chi connectivity index (χ0v) is 12.3. The van der Waals surface area contributed by atoms with Gasteiger partial charge in [-0.15, -0.1) is 0 Å². The monoisotopic (exact) mass is 272 g/mol. The predicted octanol–water partition coefficient (Wildman–Crippen LogP) is 2.31. The standard InChI is InChI=1S/C17H24N2O/c1-18-11-9-16(10-12-18)19(15-7-8-15)17(20)13-14-5-3-2-4-6-14/h2-6,15-16H,7-13H2,1H3. The second kappa shape index (κ2) is 5.96. The average molecular weight is 272 g/mol. The van der Waals surface area contributed by atoms with Gasteiger partial charge in [0.1, 0.15) is 0 Å². The van der Waals surface area contributed by atoms with Gasteiger partial charge in [0.15, 0.2) is 0 Å². The van der Waals surface area contributed by atoms with E-state index in [2.05, 4.69) is 29.0 Å². The molecule has 1 aromatic rings. The van der Waals surface area contributed by atoms with Crippen molar-refractivity contribution in [1.29, 1.82) is 0 Å². The van der Waals surface area contributed by atoms with Crippen LogP contribution >= 0.6 is 0 Å². The van der Waals surface area contributed by atoms with Crippen molar-refractivity contribution in [3.63, 3.8) is 0 Å². The maximum absolute atomic E-state index is 12.7. The van der Waals surface area contributed by atoms with Crippen molar-refractivity contribution in [3.8, 4) is 0 Å². The first-order valence-corrected chi connectivity index (χ1v) is 7.77. The number of amides is 1. The number of rotatable bonds is 4. The second-order valence-electron chi connectivity index (χ2n) is 6.23. The van der Waals surface area contributed by atoms with Crippen molar-refractivity contribution in [2.75, 3.05) is 20.1 Å². The highest BCUT2D eigenvalue weighted by atomic mass is 16.2. The molecule has 20 heavy (non-hydrogen) atoms. The van der Waals surface area contributed by atoms with Gasteiger partial charge < -0.3 is 9.80 Å². The Hall–Kier alpha value is -1.35. The highest BCUT2D eigenvalue weighted by molar-refractivity contribution is 5.79. The predicted molar refractivity (Wildman–Crippen MR) is 80.5 cm³/mol. The third-order valence-corrected chi connectivity index (χ3v) is 4.51. The minimum atomic E-state index is 0.327. The first-order chi connectivity index (χ1) is 9.74. The lowest BCUT2D eigenvalue weighted by Gasteiger charge is -2.37. The van der Waals surface area contributed by atoms with Crippen LogP contribution in [0.1, 0.15) is 31.2 Å². The van der Waals surface area contributed by atoms with Gasteiger partial charge >= 0.3 is 0 Å². The molecule has 3 rings (SSSR count). The van der Waals surface area contributed by atoms with Crippen LogP contribution in [0.4, 0.5) is 0 Å². The number of carbonyl (C=O) groups excluding carboxylic acids is 1. The van der Waals surface area contributed by atoms with Crippen LogP contribution in [0, 0.1) is 0 Å². The van der Waals surface area contributed by atoms with E-state index in [4.69, 9.17) is 0 Å². The van der Waals surface area contributed by atoms with E-state index in [0.717, 1.165) is 31.5 Å². The minimum absolute atomic E-state index is 0.327. The van der Waals surface area contributed by atoms with Gasteiger partial charge in [-0.05, 0) is 51.4 Å². The molecule has 1 aliphatic carbocycles. The summed E-state index contributed by atoms with van der Waals surface area (Å²) in [5.41, 5.74) is 1.14. The molecule has 0 bridgehead atoms. The van der Waals surface area contributed by atoms with E-state index < -0.39 is 0 Å². The highest BCUT2D eigenvalue weighted by Gasteiger charge is 2.37. The van der Waals surface area contributed by atoms with Gasteiger partial charge in [-0.25, -0.2) is 0 Å². The largest absolute Gasteiger partial charge is 0.336 e. The fourth-order valence-electron chi connectivity index (χ4n) is 3.19. The van der Waals surface area contributed by atoms with Crippen LogP contribution in [0.5, 0.6) is 0 Å². The Morgan fingerprint density at radius 1 is 1.10 bits per heavy atom. The van der Waals surface area contributed by atoms with Crippen molar-refractivity contribution < 1.29 is 4.79 Å². The summed E-state index contributed by atoms with van der Waals surface area (Å²) in [5.74, 6) is 0.327. The van der Waals surface area contributed by atoms with Crippen molar-refractivity contribution in [3.05, 3.63) is 35.9 Å². The van der Waals surface area contributed by atoms with E-state index in [1.807, 2.05) is 18.2 Å². The molecule has 1 saturated carbocycles. The topological polar surface area (TPSA) is 23.6 Å². The molecule has 1 amide bonds. The van der Waals surface area contributed by atoms with Crippen molar-refractivity contribution >= 4 is 5.91 Å². The SMILES string of the molecule is CN1CCC(N(C(=O)Cc2ccccc2)C2CC2)CC1. The maximum Gasteiger partial charge on any atom is 0.227 e. The first-order valence-electron chi connectivity index (χ1n) is 7.77. The fraction of sp³-hybridized carbons (Fsp3) is 0.588. The van der Waals surface area contributed by atoms with Gasteiger partial charge in [-0.1, -0.05) is 30.3 Å². The number of hydrogen-bond donors (Lipinski definition) is 0. The maximum atomic E-state index is 12.7. The summed E-state index contributed by atoms with van der Waals surface area (Å²) < 4.78 is 0. The highest BCUT2D eigenvalue weighted by Crippen LogP contribution is 2.32. The Balaban J connectivity index is 1.66. The summed E-state index contributed by atoms with van der Waals surface area (Å²) in [7, 11) is 2.17. The summed E-state index contributed by atoms with van der Waals surface area (Å²) in [4.78, 5) is 17.3. The van der Waals surface area contributed by atoms with E-state index in [0.29, 0.717) is 24.4 Å². The molecular weight excluding hydrogens is 248 g/mol. The van der Waals surface area contributed by atoms with Crippen LogP contribution in [0.2, 0.25) is 0 Å². The van der Waals surface area contributed by atoms with E-state index in [9.17, 15) is 4.79 Å². The number of hydrogen-bond acceptors (Lipinski definition) is 2. The van der Waals surface area contributed by atoms with Gasteiger partial charge in [0.25, 0.3) is 0 Å². The van der Waals surface area contributed by atoms with Crippen molar-refractivity contribution in [1.82, 2.24) is 9.80 Å². The summed E-state index contributed by atoms with van der Waals surface area (Å²) in [6.07, 6.45) is 5.23. The zero-order chi connectivity index (χ0) is 13.9. The van der Waals surface area contributed by atoms with Crippen LogP contribution < -0.4 is 0 Å². The van der Waals surface area contributed by atoms with Crippen LogP contribution in [-0.2, 0) is 11.2 Å². The number of piperidine rings is 1. The normalized spacial score (nSPS) is 20.9. The molecule has 0 unspecified atom stereocenters. The lowest BCUT2D eigenvalue weighted by Crippen LogP contribution is -2.48. The van der Waals surface area contributed by atoms with Gasteiger partial charge in [-0.3, -0.25) is 4.79 Å². The fourth-order valence-corrected chi connectivity index (χ4v) is 3.19. The summed E-state index contributed by atoms with van der Waals surface area (Å²) >= 11 is 0. The van der Waals surface area contributed by atoms with Gasteiger partial charge in [-0.2, -0.15) is 0 Å². The second-order valence-corrected chi connectivity index (χ2v) is 6.23. The van der Waals surface area contributed by atoms with Crippen molar-refractivity contribution in [2.24, 2.45) is 0 Å². The molecule has 1 aliphatic heterocycles. The molecule has 0 aromatic heterocycles. The third-order valence-electron chi connectivity index (χ3n) is 4.51. The van der Waals surface area contributed by atoms with Crippen LogP contribution in [0.15, 0.2) is 30.3 Å². The molecule has 2 aliphatic rings. The number of carbonyl (C=O) groups is 1. The van der Waals surface area contributed by atoms with Gasteiger partial charge in [0.05, 0.1) is 6.42 Å². The molecule has 0 atom stereocenters. The smallest absolute Gasteiger partial charge is 0.227 e. The lowest BCUT2D eigenvalue weighted by atomic mass is 10.0. The number of nitrogens with zero attached hydrogens (tertiary/aromatic N) is 2. The molecule has 2 fully saturated rings. The Morgan fingerprint density at radius 3 is 2.30 bits per heavy atom. The van der Waals surface area contributed by atoms with Gasteiger partial charge in [0, 0.05) is 12.1 Å². The molecule has 0 radical (unpaired) electrons. The first kappa shape index (κ1) is 13.6. The zero-order valence-electron chi connectivity index (χ0n) is 12.3. The molecule has 0 spiro atoms. The Kier molecular flexibility index (Phi) is 4.06. The minimum Gasteiger partial charge on any atom is -0.336 e. The van der Waals surface area contributed by atoms with E-state index in [1.165, 1.54) is 12.8 Å². The van der Waals surface area contributed by atoms with Gasteiger partial charge in [0.2, 0.25) is 5.91 Å². The van der Waals surface area contributed by atoms with Crippen LogP contribution in [-0.4, -0.2) is 47.9 Å². The third kappa shape index (κ3) is 3.21. The van der Waals surface area contributed by atoms with Crippen LogP contribution in [0.25, 0.3) is 0 Å². The van der Waals surface area contributed by atoms with E-state index in [-0.39, 0.29) is 0 Å². The Morgan fingerprint density at radius 2 is 1.70 bits per heavy atom. The van der Waals surface area contributed by atoms with E-state index in [1.54, 1.807) is 0 Å². The molecule has 108 valence electrons.